The Kier molecular flexibility index (Phi) is 5.33. The van der Waals surface area contributed by atoms with Gasteiger partial charge in [-0.1, -0.05) is 46.8 Å². The van der Waals surface area contributed by atoms with Crippen molar-refractivity contribution in [3.05, 3.63) is 53.1 Å². The van der Waals surface area contributed by atoms with Crippen LogP contribution in [-0.2, 0) is 6.42 Å². The lowest BCUT2D eigenvalue weighted by Gasteiger charge is -2.09. The van der Waals surface area contributed by atoms with Crippen LogP contribution in [0.25, 0.3) is 10.2 Å². The maximum atomic E-state index is 6.03. The van der Waals surface area contributed by atoms with Gasteiger partial charge in [-0.2, -0.15) is 0 Å². The Labute approximate surface area is 166 Å². The largest absolute Gasteiger partial charge is 0.361 e. The first kappa shape index (κ1) is 17.6. The van der Waals surface area contributed by atoms with E-state index in [2.05, 4.69) is 46.5 Å². The number of anilines is 1. The molecule has 2 heterocycles. The zero-order valence-electron chi connectivity index (χ0n) is 14.4. The molecule has 26 heavy (non-hydrogen) atoms. The summed E-state index contributed by atoms with van der Waals surface area (Å²) in [6.07, 6.45) is 0.947. The molecule has 134 valence electrons. The van der Waals surface area contributed by atoms with Crippen LogP contribution < -0.4 is 5.32 Å². The Morgan fingerprint density at radius 3 is 2.85 bits per heavy atom. The zero-order chi connectivity index (χ0) is 17.9. The molecule has 1 fully saturated rings. The third-order valence-electron chi connectivity index (χ3n) is 4.19. The smallest absolute Gasteiger partial charge is 0.183 e. The van der Waals surface area contributed by atoms with E-state index >= 15 is 0 Å². The predicted octanol–water partition coefficient (Wildman–Crippen LogP) is 5.27. The maximum Gasteiger partial charge on any atom is 0.183 e. The van der Waals surface area contributed by atoms with E-state index in [0.29, 0.717) is 0 Å². The quantitative estimate of drug-likeness (QED) is 0.631. The van der Waals surface area contributed by atoms with Crippen LogP contribution in [0.2, 0.25) is 5.02 Å². The molecule has 2 aromatic carbocycles. The summed E-state index contributed by atoms with van der Waals surface area (Å²) in [4.78, 5) is 11.5. The van der Waals surface area contributed by atoms with Gasteiger partial charge in [0.15, 0.2) is 10.3 Å². The molecule has 3 aromatic rings. The third kappa shape index (κ3) is 4.14. The molecule has 1 saturated heterocycles. The van der Waals surface area contributed by atoms with Gasteiger partial charge in [-0.3, -0.25) is 0 Å². The number of nitrogens with one attached hydrogen (secondary N) is 1. The van der Waals surface area contributed by atoms with Gasteiger partial charge < -0.3 is 10.2 Å². The van der Waals surface area contributed by atoms with Crippen LogP contribution in [0.5, 0.6) is 0 Å². The molecular weight excluding hydrogens is 384 g/mol. The highest BCUT2D eigenvalue weighted by Crippen LogP contribution is 2.28. The van der Waals surface area contributed by atoms with Crippen molar-refractivity contribution in [2.45, 2.75) is 6.42 Å². The number of nitrogens with zero attached hydrogens (tertiary/aromatic N) is 3. The second-order valence-electron chi connectivity index (χ2n) is 6.14. The van der Waals surface area contributed by atoms with Crippen LogP contribution >= 0.6 is 34.7 Å². The van der Waals surface area contributed by atoms with E-state index in [4.69, 9.17) is 16.6 Å². The van der Waals surface area contributed by atoms with Gasteiger partial charge in [0, 0.05) is 30.9 Å². The summed E-state index contributed by atoms with van der Waals surface area (Å²) in [7, 11) is 2.09. The van der Waals surface area contributed by atoms with Crippen molar-refractivity contribution in [2.75, 3.05) is 31.2 Å². The van der Waals surface area contributed by atoms with Gasteiger partial charge in [0.25, 0.3) is 0 Å². The molecule has 0 unspecified atom stereocenters. The van der Waals surface area contributed by atoms with Gasteiger partial charge in [-0.05, 0) is 42.3 Å². The van der Waals surface area contributed by atoms with Crippen molar-refractivity contribution in [2.24, 2.45) is 4.99 Å². The van der Waals surface area contributed by atoms with E-state index < -0.39 is 0 Å². The molecule has 7 heteroatoms. The number of aliphatic imine (C=N–C) groups is 1. The van der Waals surface area contributed by atoms with Gasteiger partial charge in [-0.15, -0.1) is 0 Å². The number of amidine groups is 1. The summed E-state index contributed by atoms with van der Waals surface area (Å²) in [6, 6.07) is 14.3. The summed E-state index contributed by atoms with van der Waals surface area (Å²) < 4.78 is 1.11. The highest BCUT2D eigenvalue weighted by atomic mass is 35.5. The van der Waals surface area contributed by atoms with E-state index in [-0.39, 0.29) is 0 Å². The number of hydrogen-bond donors (Lipinski definition) is 1. The maximum absolute atomic E-state index is 6.03. The van der Waals surface area contributed by atoms with Crippen LogP contribution in [0.15, 0.2) is 47.5 Å². The van der Waals surface area contributed by atoms with Gasteiger partial charge >= 0.3 is 0 Å². The lowest BCUT2D eigenvalue weighted by molar-refractivity contribution is 0.563. The first-order valence-corrected chi connectivity index (χ1v) is 10.7. The number of fused-ring (bicyclic) bond motifs is 1. The Hall–Kier alpha value is -1.76. The molecule has 0 amide bonds. The lowest BCUT2D eigenvalue weighted by atomic mass is 10.1. The molecule has 1 aromatic heterocycles. The average molecular weight is 403 g/mol. The van der Waals surface area contributed by atoms with Gasteiger partial charge in [0.1, 0.15) is 0 Å². The fourth-order valence-corrected chi connectivity index (χ4v) is 4.93. The lowest BCUT2D eigenvalue weighted by Crippen LogP contribution is -2.17. The minimum absolute atomic E-state index is 0.749. The highest BCUT2D eigenvalue weighted by molar-refractivity contribution is 8.14. The Balaban J connectivity index is 1.34. The molecule has 4 nitrogen and oxygen atoms in total. The van der Waals surface area contributed by atoms with E-state index in [1.807, 2.05) is 30.0 Å². The molecule has 0 spiro atoms. The van der Waals surface area contributed by atoms with Crippen molar-refractivity contribution in [1.29, 1.82) is 0 Å². The van der Waals surface area contributed by atoms with Crippen LogP contribution in [0.1, 0.15) is 5.56 Å². The number of aromatic nitrogens is 1. The molecule has 1 aliphatic heterocycles. The third-order valence-corrected chi connectivity index (χ3v) is 6.44. The first-order chi connectivity index (χ1) is 12.7. The molecule has 1 aliphatic rings. The number of rotatable bonds is 5. The minimum Gasteiger partial charge on any atom is -0.361 e. The Bertz CT molecular complexity index is 936. The van der Waals surface area contributed by atoms with Gasteiger partial charge in [0.05, 0.1) is 15.9 Å². The fourth-order valence-electron chi connectivity index (χ4n) is 2.73. The van der Waals surface area contributed by atoms with E-state index in [0.717, 1.165) is 56.5 Å². The molecule has 0 bridgehead atoms. The average Bonchev–Trinajstić information content (AvgIpc) is 3.22. The summed E-state index contributed by atoms with van der Waals surface area (Å²) in [5.41, 5.74) is 3.29. The number of thioether (sulfide) groups is 1. The van der Waals surface area contributed by atoms with Crippen molar-refractivity contribution < 1.29 is 0 Å². The molecule has 0 radical (unpaired) electrons. The zero-order valence-corrected chi connectivity index (χ0v) is 16.8. The Morgan fingerprint density at radius 1 is 1.23 bits per heavy atom. The summed E-state index contributed by atoms with van der Waals surface area (Å²) in [5.74, 6) is 1.12. The normalized spacial score (nSPS) is 15.9. The van der Waals surface area contributed by atoms with E-state index in [1.165, 1.54) is 5.56 Å². The highest BCUT2D eigenvalue weighted by Gasteiger charge is 2.14. The predicted molar refractivity (Wildman–Crippen MR) is 115 cm³/mol. The van der Waals surface area contributed by atoms with Crippen molar-refractivity contribution in [3.63, 3.8) is 0 Å². The first-order valence-electron chi connectivity index (χ1n) is 8.49. The summed E-state index contributed by atoms with van der Waals surface area (Å²) >= 11 is 9.48. The van der Waals surface area contributed by atoms with Crippen molar-refractivity contribution in [1.82, 2.24) is 9.88 Å². The number of benzene rings is 2. The summed E-state index contributed by atoms with van der Waals surface area (Å²) in [5, 5.41) is 6.20. The molecule has 0 saturated carbocycles. The van der Waals surface area contributed by atoms with Crippen LogP contribution in [-0.4, -0.2) is 40.9 Å². The monoisotopic (exact) mass is 402 g/mol. The second kappa shape index (κ2) is 7.86. The second-order valence-corrected chi connectivity index (χ2v) is 8.67. The molecule has 0 atom stereocenters. The molecule has 1 N–H and O–H groups in total. The number of hydrogen-bond acceptors (Lipinski definition) is 5. The van der Waals surface area contributed by atoms with Gasteiger partial charge in [-0.25, -0.2) is 9.98 Å². The minimum atomic E-state index is 0.749. The topological polar surface area (TPSA) is 40.5 Å². The Morgan fingerprint density at radius 2 is 2.08 bits per heavy atom. The van der Waals surface area contributed by atoms with E-state index in [1.54, 1.807) is 11.3 Å². The standard InChI is InChI=1S/C19H19ClN4S2/c1-24-10-11-25-19(24)22-15-5-2-13(3-6-15)8-9-21-18-23-16-7-4-14(20)12-17(16)26-18/h2-7,12H,8-11H2,1H3,(H,21,23)/b22-19-. The van der Waals surface area contributed by atoms with Crippen LogP contribution in [0.3, 0.4) is 0 Å². The summed E-state index contributed by atoms with van der Waals surface area (Å²) in [6.45, 7) is 1.92. The van der Waals surface area contributed by atoms with Gasteiger partial charge in [0.2, 0.25) is 0 Å². The molecule has 0 aliphatic carbocycles. The number of thiazole rings is 1. The molecular formula is C19H19ClN4S2. The van der Waals surface area contributed by atoms with Crippen molar-refractivity contribution in [3.8, 4) is 0 Å². The fraction of sp³-hybridized carbons (Fsp3) is 0.263. The number of halogens is 1. The van der Waals surface area contributed by atoms with E-state index in [9.17, 15) is 0 Å². The SMILES string of the molecule is CN1CCS/C1=N\c1ccc(CCNc2nc3ccc(Cl)cc3s2)cc1. The van der Waals surface area contributed by atoms with Crippen LogP contribution in [0.4, 0.5) is 10.8 Å². The molecule has 4 rings (SSSR count). The van der Waals surface area contributed by atoms with Crippen molar-refractivity contribution >= 4 is 60.9 Å². The van der Waals surface area contributed by atoms with Crippen LogP contribution in [0, 0.1) is 0 Å².